The Balaban J connectivity index is 2.40. The minimum atomic E-state index is -0.0556. The van der Waals surface area contributed by atoms with Crippen LogP contribution in [0.3, 0.4) is 0 Å². The Morgan fingerprint density at radius 2 is 2.46 bits per heavy atom. The Hall–Kier alpha value is -0.870. The molecular formula is C9H16N2O2. The highest BCUT2D eigenvalue weighted by Gasteiger charge is 2.06. The van der Waals surface area contributed by atoms with Gasteiger partial charge in [0, 0.05) is 26.2 Å². The summed E-state index contributed by atoms with van der Waals surface area (Å²) in [6.07, 6.45) is 3.35. The number of nitrogens with zero attached hydrogens (tertiary/aromatic N) is 1. The fourth-order valence-electron chi connectivity index (χ4n) is 1.02. The number of aryl methyl sites for hydroxylation is 1. The monoisotopic (exact) mass is 184 g/mol. The summed E-state index contributed by atoms with van der Waals surface area (Å²) in [6, 6.07) is -0.0556. The van der Waals surface area contributed by atoms with Gasteiger partial charge in [0.15, 0.2) is 5.89 Å². The predicted octanol–water partition coefficient (Wildman–Crippen LogP) is 1.27. The van der Waals surface area contributed by atoms with E-state index in [4.69, 9.17) is 14.9 Å². The van der Waals surface area contributed by atoms with E-state index >= 15 is 0 Å². The van der Waals surface area contributed by atoms with Crippen LogP contribution in [-0.4, -0.2) is 18.7 Å². The van der Waals surface area contributed by atoms with Crippen LogP contribution < -0.4 is 5.73 Å². The van der Waals surface area contributed by atoms with E-state index in [-0.39, 0.29) is 6.04 Å². The zero-order valence-corrected chi connectivity index (χ0v) is 8.12. The van der Waals surface area contributed by atoms with Gasteiger partial charge in [0.05, 0.1) is 5.69 Å². The second-order valence-electron chi connectivity index (χ2n) is 3.05. The molecule has 2 N–H and O–H groups in total. The molecule has 1 aromatic heterocycles. The molecule has 0 bridgehead atoms. The summed E-state index contributed by atoms with van der Waals surface area (Å²) in [5.74, 6) is 0.740. The van der Waals surface area contributed by atoms with E-state index < -0.39 is 0 Å². The lowest BCUT2D eigenvalue weighted by Crippen LogP contribution is -2.05. The smallest absolute Gasteiger partial charge is 0.194 e. The number of rotatable bonds is 5. The van der Waals surface area contributed by atoms with E-state index in [1.807, 2.05) is 6.92 Å². The SMILES string of the molecule is COCCCc1nc(C(C)N)co1. The van der Waals surface area contributed by atoms with E-state index in [1.54, 1.807) is 13.4 Å². The van der Waals surface area contributed by atoms with Crippen LogP contribution in [0.15, 0.2) is 10.7 Å². The normalized spacial score (nSPS) is 13.2. The Kier molecular flexibility index (Phi) is 3.92. The zero-order chi connectivity index (χ0) is 9.68. The Bertz CT molecular complexity index is 246. The second kappa shape index (κ2) is 4.99. The average molecular weight is 184 g/mol. The first-order valence-electron chi connectivity index (χ1n) is 4.43. The molecule has 0 spiro atoms. The minimum absolute atomic E-state index is 0.0556. The summed E-state index contributed by atoms with van der Waals surface area (Å²) in [4.78, 5) is 4.23. The fourth-order valence-corrected chi connectivity index (χ4v) is 1.02. The topological polar surface area (TPSA) is 61.3 Å². The van der Waals surface area contributed by atoms with Gasteiger partial charge in [-0.05, 0) is 13.3 Å². The largest absolute Gasteiger partial charge is 0.449 e. The summed E-state index contributed by atoms with van der Waals surface area (Å²) in [5, 5.41) is 0. The van der Waals surface area contributed by atoms with E-state index in [9.17, 15) is 0 Å². The maximum Gasteiger partial charge on any atom is 0.194 e. The molecule has 0 saturated heterocycles. The van der Waals surface area contributed by atoms with Gasteiger partial charge in [-0.3, -0.25) is 0 Å². The van der Waals surface area contributed by atoms with Gasteiger partial charge in [0.25, 0.3) is 0 Å². The van der Waals surface area contributed by atoms with Crippen molar-refractivity contribution in [3.05, 3.63) is 17.8 Å². The zero-order valence-electron chi connectivity index (χ0n) is 8.12. The lowest BCUT2D eigenvalue weighted by Gasteiger charge is -1.96. The second-order valence-corrected chi connectivity index (χ2v) is 3.05. The molecule has 13 heavy (non-hydrogen) atoms. The molecule has 0 fully saturated rings. The van der Waals surface area contributed by atoms with Crippen molar-refractivity contribution >= 4 is 0 Å². The number of ether oxygens (including phenoxy) is 1. The first kappa shape index (κ1) is 10.2. The van der Waals surface area contributed by atoms with Crippen molar-refractivity contribution in [1.82, 2.24) is 4.98 Å². The van der Waals surface area contributed by atoms with Gasteiger partial charge in [-0.15, -0.1) is 0 Å². The van der Waals surface area contributed by atoms with Crippen LogP contribution in [0.1, 0.15) is 31.0 Å². The standard InChI is InChI=1S/C9H16N2O2/c1-7(10)8-6-13-9(11-8)4-3-5-12-2/h6-7H,3-5,10H2,1-2H3. The van der Waals surface area contributed by atoms with Crippen LogP contribution in [0.5, 0.6) is 0 Å². The van der Waals surface area contributed by atoms with Crippen molar-refractivity contribution in [2.45, 2.75) is 25.8 Å². The molecule has 74 valence electrons. The third-order valence-corrected chi connectivity index (χ3v) is 1.78. The van der Waals surface area contributed by atoms with E-state index in [1.165, 1.54) is 0 Å². The molecule has 1 heterocycles. The lowest BCUT2D eigenvalue weighted by atomic mass is 10.3. The van der Waals surface area contributed by atoms with Crippen molar-refractivity contribution in [2.75, 3.05) is 13.7 Å². The molecule has 4 nitrogen and oxygen atoms in total. The summed E-state index contributed by atoms with van der Waals surface area (Å²) in [5.41, 5.74) is 6.45. The summed E-state index contributed by atoms with van der Waals surface area (Å²) in [7, 11) is 1.68. The maximum atomic E-state index is 5.63. The number of aromatic nitrogens is 1. The minimum Gasteiger partial charge on any atom is -0.449 e. The van der Waals surface area contributed by atoms with Gasteiger partial charge in [-0.25, -0.2) is 4.98 Å². The molecule has 1 atom stereocenters. The van der Waals surface area contributed by atoms with Crippen LogP contribution in [0.2, 0.25) is 0 Å². The first-order valence-corrected chi connectivity index (χ1v) is 4.43. The van der Waals surface area contributed by atoms with E-state index in [2.05, 4.69) is 4.98 Å². The first-order chi connectivity index (χ1) is 6.24. The molecular weight excluding hydrogens is 168 g/mol. The van der Waals surface area contributed by atoms with Crippen molar-refractivity contribution in [1.29, 1.82) is 0 Å². The molecule has 0 saturated carbocycles. The molecule has 0 aliphatic rings. The summed E-state index contributed by atoms with van der Waals surface area (Å²) >= 11 is 0. The van der Waals surface area contributed by atoms with Crippen LogP contribution in [0.4, 0.5) is 0 Å². The maximum absolute atomic E-state index is 5.63. The van der Waals surface area contributed by atoms with Crippen LogP contribution >= 0.6 is 0 Å². The van der Waals surface area contributed by atoms with Crippen molar-refractivity contribution < 1.29 is 9.15 Å². The Morgan fingerprint density at radius 3 is 3.00 bits per heavy atom. The molecule has 4 heteroatoms. The average Bonchev–Trinajstić information content (AvgIpc) is 2.53. The van der Waals surface area contributed by atoms with Crippen molar-refractivity contribution in [3.8, 4) is 0 Å². The number of hydrogen-bond donors (Lipinski definition) is 1. The lowest BCUT2D eigenvalue weighted by molar-refractivity contribution is 0.193. The Labute approximate surface area is 78.1 Å². The van der Waals surface area contributed by atoms with Gasteiger partial charge in [0.1, 0.15) is 6.26 Å². The van der Waals surface area contributed by atoms with Crippen molar-refractivity contribution in [2.24, 2.45) is 5.73 Å². The van der Waals surface area contributed by atoms with Crippen LogP contribution in [-0.2, 0) is 11.2 Å². The highest BCUT2D eigenvalue weighted by Crippen LogP contribution is 2.10. The van der Waals surface area contributed by atoms with Crippen LogP contribution in [0, 0.1) is 0 Å². The highest BCUT2D eigenvalue weighted by molar-refractivity contribution is 5.00. The van der Waals surface area contributed by atoms with Gasteiger partial charge >= 0.3 is 0 Å². The van der Waals surface area contributed by atoms with Crippen molar-refractivity contribution in [3.63, 3.8) is 0 Å². The molecule has 0 aliphatic carbocycles. The number of oxazole rings is 1. The fraction of sp³-hybridized carbons (Fsp3) is 0.667. The predicted molar refractivity (Wildman–Crippen MR) is 49.3 cm³/mol. The Morgan fingerprint density at radius 1 is 1.69 bits per heavy atom. The van der Waals surface area contributed by atoms with E-state index in [0.717, 1.165) is 31.0 Å². The van der Waals surface area contributed by atoms with Crippen LogP contribution in [0.25, 0.3) is 0 Å². The number of methoxy groups -OCH3 is 1. The van der Waals surface area contributed by atoms with Gasteiger partial charge in [-0.1, -0.05) is 0 Å². The molecule has 0 aliphatic heterocycles. The summed E-state index contributed by atoms with van der Waals surface area (Å²) < 4.78 is 10.1. The molecule has 0 aromatic carbocycles. The molecule has 1 aromatic rings. The molecule has 0 amide bonds. The van der Waals surface area contributed by atoms with E-state index in [0.29, 0.717) is 0 Å². The highest BCUT2D eigenvalue weighted by atomic mass is 16.5. The molecule has 0 radical (unpaired) electrons. The van der Waals surface area contributed by atoms with Gasteiger partial charge in [0.2, 0.25) is 0 Å². The third kappa shape index (κ3) is 3.16. The third-order valence-electron chi connectivity index (χ3n) is 1.78. The molecule has 1 unspecified atom stereocenters. The molecule has 1 rings (SSSR count). The quantitative estimate of drug-likeness (QED) is 0.700. The summed E-state index contributed by atoms with van der Waals surface area (Å²) in [6.45, 7) is 2.62. The number of nitrogens with two attached hydrogens (primary N) is 1. The number of hydrogen-bond acceptors (Lipinski definition) is 4. The van der Waals surface area contributed by atoms with Gasteiger partial charge < -0.3 is 14.9 Å². The van der Waals surface area contributed by atoms with Gasteiger partial charge in [-0.2, -0.15) is 0 Å².